The highest BCUT2D eigenvalue weighted by molar-refractivity contribution is 9.10. The SMILES string of the molecule is COc1c(C)c(C)c(Br)c(C)c1C(N)C1(C#N)CC1. The summed E-state index contributed by atoms with van der Waals surface area (Å²) in [7, 11) is 1.66. The van der Waals surface area contributed by atoms with Gasteiger partial charge in [-0.15, -0.1) is 0 Å². The topological polar surface area (TPSA) is 59.0 Å². The van der Waals surface area contributed by atoms with E-state index < -0.39 is 5.41 Å². The number of benzene rings is 1. The molecular weight excluding hydrogens is 304 g/mol. The number of hydrogen-bond donors (Lipinski definition) is 1. The smallest absolute Gasteiger partial charge is 0.127 e. The van der Waals surface area contributed by atoms with E-state index in [4.69, 9.17) is 10.5 Å². The number of nitrogens with two attached hydrogens (primary N) is 1. The predicted molar refractivity (Wildman–Crippen MR) is 79.1 cm³/mol. The van der Waals surface area contributed by atoms with Gasteiger partial charge in [0.25, 0.3) is 0 Å². The Morgan fingerprint density at radius 1 is 1.26 bits per heavy atom. The summed E-state index contributed by atoms with van der Waals surface area (Å²) in [6.07, 6.45) is 1.75. The molecule has 4 heteroatoms. The van der Waals surface area contributed by atoms with Gasteiger partial charge in [0.1, 0.15) is 5.75 Å². The van der Waals surface area contributed by atoms with Crippen molar-refractivity contribution in [3.63, 3.8) is 0 Å². The van der Waals surface area contributed by atoms with Gasteiger partial charge in [-0.25, -0.2) is 0 Å². The van der Waals surface area contributed by atoms with Crippen molar-refractivity contribution >= 4 is 15.9 Å². The van der Waals surface area contributed by atoms with Crippen molar-refractivity contribution in [2.75, 3.05) is 7.11 Å². The molecule has 102 valence electrons. The Labute approximate surface area is 122 Å². The van der Waals surface area contributed by atoms with Crippen molar-refractivity contribution in [1.82, 2.24) is 0 Å². The van der Waals surface area contributed by atoms with Crippen LogP contribution in [0, 0.1) is 37.5 Å². The second-order valence-electron chi connectivity index (χ2n) is 5.38. The van der Waals surface area contributed by atoms with E-state index in [-0.39, 0.29) is 6.04 Å². The van der Waals surface area contributed by atoms with Crippen molar-refractivity contribution in [3.05, 3.63) is 26.7 Å². The first-order valence-electron chi connectivity index (χ1n) is 6.39. The summed E-state index contributed by atoms with van der Waals surface area (Å²) in [6.45, 7) is 6.11. The summed E-state index contributed by atoms with van der Waals surface area (Å²) in [6, 6.07) is 2.10. The number of nitriles is 1. The van der Waals surface area contributed by atoms with Crippen LogP contribution in [-0.4, -0.2) is 7.11 Å². The van der Waals surface area contributed by atoms with Gasteiger partial charge in [0.15, 0.2) is 0 Å². The van der Waals surface area contributed by atoms with Crippen molar-refractivity contribution < 1.29 is 4.74 Å². The normalized spacial score (nSPS) is 17.7. The molecule has 2 N–H and O–H groups in total. The van der Waals surface area contributed by atoms with E-state index >= 15 is 0 Å². The minimum absolute atomic E-state index is 0.289. The van der Waals surface area contributed by atoms with E-state index in [2.05, 4.69) is 28.9 Å². The maximum absolute atomic E-state index is 9.35. The quantitative estimate of drug-likeness (QED) is 0.923. The molecule has 2 rings (SSSR count). The monoisotopic (exact) mass is 322 g/mol. The van der Waals surface area contributed by atoms with E-state index in [1.54, 1.807) is 7.11 Å². The molecule has 0 saturated heterocycles. The van der Waals surface area contributed by atoms with Crippen LogP contribution in [0.2, 0.25) is 0 Å². The molecule has 0 heterocycles. The van der Waals surface area contributed by atoms with Crippen LogP contribution in [0.1, 0.15) is 41.1 Å². The lowest BCUT2D eigenvalue weighted by atomic mass is 9.86. The third-order valence-corrected chi connectivity index (χ3v) is 5.52. The Hall–Kier alpha value is -1.05. The third-order valence-electron chi connectivity index (χ3n) is 4.33. The fourth-order valence-corrected chi connectivity index (χ4v) is 3.16. The molecule has 0 amide bonds. The van der Waals surface area contributed by atoms with Crippen LogP contribution >= 0.6 is 15.9 Å². The Morgan fingerprint density at radius 3 is 2.26 bits per heavy atom. The Morgan fingerprint density at radius 2 is 1.84 bits per heavy atom. The number of rotatable bonds is 3. The second-order valence-corrected chi connectivity index (χ2v) is 6.17. The molecule has 1 saturated carbocycles. The fourth-order valence-electron chi connectivity index (χ4n) is 2.65. The van der Waals surface area contributed by atoms with Crippen molar-refractivity contribution in [1.29, 1.82) is 5.26 Å². The van der Waals surface area contributed by atoms with Gasteiger partial charge in [-0.05, 0) is 50.3 Å². The largest absolute Gasteiger partial charge is 0.496 e. The maximum Gasteiger partial charge on any atom is 0.127 e. The molecule has 1 aromatic rings. The third kappa shape index (κ3) is 2.05. The Bertz CT molecular complexity index is 571. The van der Waals surface area contributed by atoms with Crippen molar-refractivity contribution in [3.8, 4) is 11.8 Å². The molecule has 19 heavy (non-hydrogen) atoms. The average molecular weight is 323 g/mol. The molecule has 0 aliphatic heterocycles. The molecule has 0 radical (unpaired) electrons. The van der Waals surface area contributed by atoms with Gasteiger partial charge in [0, 0.05) is 10.0 Å². The van der Waals surface area contributed by atoms with Crippen LogP contribution in [0.4, 0.5) is 0 Å². The molecule has 1 aliphatic rings. The Kier molecular flexibility index (Phi) is 3.63. The van der Waals surface area contributed by atoms with Gasteiger partial charge >= 0.3 is 0 Å². The highest BCUT2D eigenvalue weighted by atomic mass is 79.9. The molecule has 1 unspecified atom stereocenters. The van der Waals surface area contributed by atoms with Crippen LogP contribution in [0.3, 0.4) is 0 Å². The molecule has 1 fully saturated rings. The summed E-state index contributed by atoms with van der Waals surface area (Å²) >= 11 is 3.63. The molecule has 1 atom stereocenters. The van der Waals surface area contributed by atoms with E-state index in [1.165, 1.54) is 0 Å². The van der Waals surface area contributed by atoms with Crippen molar-refractivity contribution in [2.45, 2.75) is 39.7 Å². The Balaban J connectivity index is 2.66. The lowest BCUT2D eigenvalue weighted by molar-refractivity contribution is 0.391. The lowest BCUT2D eigenvalue weighted by Crippen LogP contribution is -2.24. The molecular formula is C15H19BrN2O. The highest BCUT2D eigenvalue weighted by Gasteiger charge is 2.50. The van der Waals surface area contributed by atoms with Gasteiger partial charge in [-0.2, -0.15) is 5.26 Å². The minimum atomic E-state index is -0.404. The van der Waals surface area contributed by atoms with E-state index in [0.717, 1.165) is 45.3 Å². The number of halogens is 1. The highest BCUT2D eigenvalue weighted by Crippen LogP contribution is 2.56. The standard InChI is InChI=1S/C15H19BrN2O/c1-8-9(2)13(19-4)11(10(3)12(8)16)14(18)15(7-17)5-6-15/h14H,5-6,18H2,1-4H3. The second kappa shape index (κ2) is 4.81. The number of nitrogens with zero attached hydrogens (tertiary/aromatic N) is 1. The summed E-state index contributed by atoms with van der Waals surface area (Å²) in [5.74, 6) is 0.826. The zero-order valence-electron chi connectivity index (χ0n) is 11.8. The van der Waals surface area contributed by atoms with E-state index in [1.807, 2.05) is 13.8 Å². The number of ether oxygens (including phenoxy) is 1. The summed E-state index contributed by atoms with van der Waals surface area (Å²) in [5.41, 5.74) is 10.3. The summed E-state index contributed by atoms with van der Waals surface area (Å²) in [5, 5.41) is 9.35. The lowest BCUT2D eigenvalue weighted by Gasteiger charge is -2.25. The molecule has 1 aromatic carbocycles. The fraction of sp³-hybridized carbons (Fsp3) is 0.533. The van der Waals surface area contributed by atoms with E-state index in [0.29, 0.717) is 0 Å². The first-order chi connectivity index (χ1) is 8.89. The van der Waals surface area contributed by atoms with Gasteiger partial charge in [-0.3, -0.25) is 0 Å². The van der Waals surface area contributed by atoms with Gasteiger partial charge in [-0.1, -0.05) is 15.9 Å². The van der Waals surface area contributed by atoms with Crippen LogP contribution < -0.4 is 10.5 Å². The van der Waals surface area contributed by atoms with Gasteiger partial charge < -0.3 is 10.5 Å². The summed E-state index contributed by atoms with van der Waals surface area (Å²) < 4.78 is 6.63. The average Bonchev–Trinajstić information content (AvgIpc) is 3.20. The molecule has 1 aliphatic carbocycles. The maximum atomic E-state index is 9.35. The van der Waals surface area contributed by atoms with Crippen LogP contribution in [0.15, 0.2) is 4.47 Å². The molecule has 0 bridgehead atoms. The number of methoxy groups -OCH3 is 1. The van der Waals surface area contributed by atoms with Crippen LogP contribution in [0.5, 0.6) is 5.75 Å². The number of hydrogen-bond acceptors (Lipinski definition) is 3. The first-order valence-corrected chi connectivity index (χ1v) is 7.19. The van der Waals surface area contributed by atoms with Crippen LogP contribution in [-0.2, 0) is 0 Å². The molecule has 0 aromatic heterocycles. The molecule has 3 nitrogen and oxygen atoms in total. The molecule has 0 spiro atoms. The van der Waals surface area contributed by atoms with Gasteiger partial charge in [0.05, 0.1) is 24.6 Å². The van der Waals surface area contributed by atoms with Crippen molar-refractivity contribution in [2.24, 2.45) is 11.1 Å². The predicted octanol–water partition coefficient (Wildman–Crippen LogP) is 3.69. The minimum Gasteiger partial charge on any atom is -0.496 e. The van der Waals surface area contributed by atoms with Crippen LogP contribution in [0.25, 0.3) is 0 Å². The zero-order valence-corrected chi connectivity index (χ0v) is 13.4. The first kappa shape index (κ1) is 14.4. The summed E-state index contributed by atoms with van der Waals surface area (Å²) in [4.78, 5) is 0. The zero-order chi connectivity index (χ0) is 14.4. The van der Waals surface area contributed by atoms with E-state index in [9.17, 15) is 5.26 Å². The van der Waals surface area contributed by atoms with Gasteiger partial charge in [0.2, 0.25) is 0 Å².